The number of nitrogens with zero attached hydrogens (tertiary/aromatic N) is 7. The Morgan fingerprint density at radius 2 is 1.83 bits per heavy atom. The van der Waals surface area contributed by atoms with Gasteiger partial charge in [-0.3, -0.25) is 9.47 Å². The van der Waals surface area contributed by atoms with Gasteiger partial charge in [0.25, 0.3) is 0 Å². The number of nitriles is 1. The lowest BCUT2D eigenvalue weighted by Crippen LogP contribution is -2.57. The largest absolute Gasteiger partial charge is 0.486 e. The van der Waals surface area contributed by atoms with Crippen molar-refractivity contribution >= 4 is 17.0 Å². The third-order valence-corrected chi connectivity index (χ3v) is 7.27. The van der Waals surface area contributed by atoms with E-state index < -0.39 is 0 Å². The van der Waals surface area contributed by atoms with Gasteiger partial charge in [0.15, 0.2) is 17.3 Å². The highest BCUT2D eigenvalue weighted by Crippen LogP contribution is 2.36. The van der Waals surface area contributed by atoms with E-state index in [-0.39, 0.29) is 30.2 Å². The minimum absolute atomic E-state index is 0.107. The van der Waals surface area contributed by atoms with Gasteiger partial charge in [0, 0.05) is 45.3 Å². The number of anilines is 1. The van der Waals surface area contributed by atoms with Crippen molar-refractivity contribution in [3.8, 4) is 17.6 Å². The average Bonchev–Trinajstić information content (AvgIpc) is 3.18. The van der Waals surface area contributed by atoms with Crippen LogP contribution in [0.4, 0.5) is 5.82 Å². The minimum Gasteiger partial charge on any atom is -0.486 e. The zero-order valence-electron chi connectivity index (χ0n) is 20.9. The number of hydrogen-bond acceptors (Lipinski definition) is 8. The summed E-state index contributed by atoms with van der Waals surface area (Å²) in [4.78, 5) is 26.6. The van der Waals surface area contributed by atoms with Gasteiger partial charge in [-0.05, 0) is 38.5 Å². The van der Waals surface area contributed by atoms with Crippen LogP contribution in [0.15, 0.2) is 23.0 Å². The Bertz CT molecular complexity index is 1370. The maximum atomic E-state index is 12.8. The molecule has 0 radical (unpaired) electrons. The predicted octanol–water partition coefficient (Wildman–Crippen LogP) is 2.16. The first kappa shape index (κ1) is 23.2. The van der Waals surface area contributed by atoms with Gasteiger partial charge in [-0.25, -0.2) is 9.78 Å². The normalized spacial score (nSPS) is 21.2. The monoisotopic (exact) mass is 477 g/mol. The fourth-order valence-electron chi connectivity index (χ4n) is 5.31. The Balaban J connectivity index is 1.45. The number of fused-ring (bicyclic) bond motifs is 2. The van der Waals surface area contributed by atoms with E-state index in [0.717, 1.165) is 18.0 Å². The molecule has 10 nitrogen and oxygen atoms in total. The van der Waals surface area contributed by atoms with Crippen molar-refractivity contribution < 1.29 is 9.47 Å². The average molecular weight is 478 g/mol. The summed E-state index contributed by atoms with van der Waals surface area (Å²) in [5, 5.41) is 9.21. The van der Waals surface area contributed by atoms with Crippen molar-refractivity contribution in [3.05, 3.63) is 40.1 Å². The molecule has 3 aromatic rings. The molecule has 1 unspecified atom stereocenters. The van der Waals surface area contributed by atoms with Crippen LogP contribution in [0, 0.1) is 11.3 Å². The van der Waals surface area contributed by atoms with Crippen molar-refractivity contribution in [3.63, 3.8) is 0 Å². The topological polar surface area (TPSA) is 101 Å². The highest BCUT2D eigenvalue weighted by atomic mass is 16.6. The summed E-state index contributed by atoms with van der Waals surface area (Å²) in [7, 11) is 3.53. The molecule has 35 heavy (non-hydrogen) atoms. The Morgan fingerprint density at radius 3 is 2.57 bits per heavy atom. The molecule has 2 aliphatic rings. The molecule has 0 saturated carbocycles. The number of imidazole rings is 1. The minimum atomic E-state index is -0.328. The van der Waals surface area contributed by atoms with Crippen LogP contribution in [0.25, 0.3) is 11.2 Å². The van der Waals surface area contributed by atoms with Crippen molar-refractivity contribution in [2.24, 2.45) is 14.1 Å². The second-order valence-corrected chi connectivity index (χ2v) is 9.50. The second kappa shape index (κ2) is 8.89. The Labute approximate surface area is 204 Å². The molecule has 1 saturated heterocycles. The van der Waals surface area contributed by atoms with Gasteiger partial charge in [0.05, 0.1) is 12.5 Å². The number of benzene rings is 1. The molecule has 4 heterocycles. The maximum Gasteiger partial charge on any atom is 0.350 e. The molecule has 0 N–H and O–H groups in total. The van der Waals surface area contributed by atoms with Gasteiger partial charge in [-0.2, -0.15) is 10.2 Å². The summed E-state index contributed by atoms with van der Waals surface area (Å²) in [6.07, 6.45) is 0.172. The first-order valence-corrected chi connectivity index (χ1v) is 12.0. The Hall–Kier alpha value is -3.58. The van der Waals surface area contributed by atoms with Gasteiger partial charge >= 0.3 is 5.69 Å². The summed E-state index contributed by atoms with van der Waals surface area (Å²) in [6, 6.07) is 8.84. The van der Waals surface area contributed by atoms with E-state index in [0.29, 0.717) is 42.6 Å². The fourth-order valence-corrected chi connectivity index (χ4v) is 5.31. The molecular weight excluding hydrogens is 446 g/mol. The summed E-state index contributed by atoms with van der Waals surface area (Å²) < 4.78 is 14.8. The summed E-state index contributed by atoms with van der Waals surface area (Å²) >= 11 is 0. The Morgan fingerprint density at radius 1 is 1.09 bits per heavy atom. The molecule has 1 fully saturated rings. The number of piperazine rings is 1. The van der Waals surface area contributed by atoms with Crippen molar-refractivity contribution in [2.75, 3.05) is 31.2 Å². The van der Waals surface area contributed by atoms with Crippen LogP contribution in [0.3, 0.4) is 0 Å². The van der Waals surface area contributed by atoms with E-state index in [9.17, 15) is 10.1 Å². The molecule has 2 aliphatic heterocycles. The van der Waals surface area contributed by atoms with E-state index in [2.05, 4.69) is 53.8 Å². The third kappa shape index (κ3) is 3.90. The van der Waals surface area contributed by atoms with Gasteiger partial charge < -0.3 is 18.9 Å². The van der Waals surface area contributed by atoms with Crippen LogP contribution in [-0.2, 0) is 20.5 Å². The fraction of sp³-hybridized carbons (Fsp3) is 0.520. The highest BCUT2D eigenvalue weighted by molar-refractivity contribution is 5.84. The van der Waals surface area contributed by atoms with Crippen LogP contribution >= 0.6 is 0 Å². The first-order valence-electron chi connectivity index (χ1n) is 12.0. The highest BCUT2D eigenvalue weighted by Gasteiger charge is 2.35. The SMILES string of the molecule is CC(c1ccc2c(c1)OCCO2)N1C[C@H](C)N(c2nc(=O)n(C)c3c2nc(CC#N)n3C)C[C@H]1C. The molecule has 3 atom stereocenters. The second-order valence-electron chi connectivity index (χ2n) is 9.50. The number of hydrogen-bond donors (Lipinski definition) is 0. The number of aromatic nitrogens is 4. The molecule has 5 rings (SSSR count). The summed E-state index contributed by atoms with van der Waals surface area (Å²) in [5.74, 6) is 2.81. The predicted molar refractivity (Wildman–Crippen MR) is 132 cm³/mol. The van der Waals surface area contributed by atoms with E-state index >= 15 is 0 Å². The maximum absolute atomic E-state index is 12.8. The molecule has 2 aromatic heterocycles. The van der Waals surface area contributed by atoms with Crippen LogP contribution in [-0.4, -0.2) is 62.4 Å². The molecule has 0 amide bonds. The zero-order chi connectivity index (χ0) is 24.9. The lowest BCUT2D eigenvalue weighted by Gasteiger charge is -2.47. The summed E-state index contributed by atoms with van der Waals surface area (Å²) in [5.41, 5.74) is 2.19. The number of ether oxygens (including phenoxy) is 2. The van der Waals surface area contributed by atoms with Crippen LogP contribution in [0.2, 0.25) is 0 Å². The molecule has 0 spiro atoms. The molecule has 184 valence electrons. The zero-order valence-corrected chi connectivity index (χ0v) is 20.9. The number of rotatable bonds is 4. The van der Waals surface area contributed by atoms with Crippen molar-refractivity contribution in [2.45, 2.75) is 45.3 Å². The van der Waals surface area contributed by atoms with Gasteiger partial charge in [0.1, 0.15) is 30.2 Å². The quantitative estimate of drug-likeness (QED) is 0.564. The molecule has 1 aromatic carbocycles. The molecular formula is C25H31N7O3. The van der Waals surface area contributed by atoms with Crippen molar-refractivity contribution in [1.29, 1.82) is 5.26 Å². The van der Waals surface area contributed by atoms with E-state index in [4.69, 9.17) is 14.5 Å². The molecule has 0 aliphatic carbocycles. The Kier molecular flexibility index (Phi) is 5.89. The van der Waals surface area contributed by atoms with Crippen LogP contribution < -0.4 is 20.1 Å². The van der Waals surface area contributed by atoms with Gasteiger partial charge in [0.2, 0.25) is 0 Å². The van der Waals surface area contributed by atoms with E-state index in [1.54, 1.807) is 7.05 Å². The number of aryl methyl sites for hydroxylation is 2. The van der Waals surface area contributed by atoms with E-state index in [1.165, 1.54) is 10.1 Å². The van der Waals surface area contributed by atoms with Crippen molar-refractivity contribution in [1.82, 2.24) is 24.0 Å². The summed E-state index contributed by atoms with van der Waals surface area (Å²) in [6.45, 7) is 9.22. The lowest BCUT2D eigenvalue weighted by molar-refractivity contribution is 0.118. The molecule has 10 heteroatoms. The third-order valence-electron chi connectivity index (χ3n) is 7.27. The smallest absolute Gasteiger partial charge is 0.350 e. The van der Waals surface area contributed by atoms with Gasteiger partial charge in [-0.1, -0.05) is 6.07 Å². The van der Waals surface area contributed by atoms with E-state index in [1.807, 2.05) is 17.7 Å². The standard InChI is InChI=1S/C25H31N7O3/c1-15-14-32(23-22-24(30(5)25(33)28-23)29(4)21(27-22)8-9-26)16(2)13-31(15)17(3)18-6-7-19-20(12-18)35-11-10-34-19/h6-7,12,15-17H,8,10-11,13-14H2,1-5H3/t15-,16+,17?/m1/s1. The van der Waals surface area contributed by atoms with Gasteiger partial charge in [-0.15, -0.1) is 0 Å². The molecule has 0 bridgehead atoms. The van der Waals surface area contributed by atoms with Crippen LogP contribution in [0.5, 0.6) is 11.5 Å². The van der Waals surface area contributed by atoms with Crippen LogP contribution in [0.1, 0.15) is 38.2 Å². The lowest BCUT2D eigenvalue weighted by atomic mass is 10.00. The first-order chi connectivity index (χ1) is 16.8.